The normalized spacial score (nSPS) is 11.8. The largest absolute Gasteiger partial charge is 0.490 e. The topological polar surface area (TPSA) is 152 Å². The average Bonchev–Trinajstić information content (AvgIpc) is 2.94. The van der Waals surface area contributed by atoms with E-state index in [1.807, 2.05) is 60.7 Å². The molecule has 0 bridgehead atoms. The van der Waals surface area contributed by atoms with Gasteiger partial charge in [0.25, 0.3) is 0 Å². The summed E-state index contributed by atoms with van der Waals surface area (Å²) in [4.78, 5) is 26.7. The van der Waals surface area contributed by atoms with Crippen LogP contribution in [0, 0.1) is 0 Å². The minimum absolute atomic E-state index is 0.788. The van der Waals surface area contributed by atoms with E-state index in [0.717, 1.165) is 44.4 Å². The summed E-state index contributed by atoms with van der Waals surface area (Å²) in [6.07, 6.45) is -6.05. The van der Waals surface area contributed by atoms with E-state index in [4.69, 9.17) is 36.3 Å². The Bertz CT molecular complexity index is 1760. The summed E-state index contributed by atoms with van der Waals surface area (Å²) >= 11 is 0. The minimum Gasteiger partial charge on any atom is -0.475 e. The molecule has 0 saturated carbocycles. The van der Waals surface area contributed by atoms with Crippen LogP contribution in [-0.2, 0) is 22.4 Å². The van der Waals surface area contributed by atoms with E-state index in [0.29, 0.717) is 0 Å². The van der Waals surface area contributed by atoms with Crippen molar-refractivity contribution >= 4 is 45.1 Å². The number of pyridine rings is 2. The van der Waals surface area contributed by atoms with E-state index in [1.54, 1.807) is 6.20 Å². The van der Waals surface area contributed by atoms with E-state index in [2.05, 4.69) is 23.2 Å². The molecule has 0 fully saturated rings. The number of anilines is 2. The van der Waals surface area contributed by atoms with Crippen LogP contribution < -0.4 is 11.5 Å². The van der Waals surface area contributed by atoms with Crippen LogP contribution in [0.3, 0.4) is 0 Å². The van der Waals surface area contributed by atoms with Gasteiger partial charge in [0.2, 0.25) is 0 Å². The molecule has 2 aromatic heterocycles. The number of carbonyl (C=O) groups is 2. The first-order valence-corrected chi connectivity index (χ1v) is 12.5. The van der Waals surface area contributed by atoms with Gasteiger partial charge < -0.3 is 21.7 Å². The number of nitrogen functional groups attached to an aromatic ring is 2. The maximum Gasteiger partial charge on any atom is 0.490 e. The zero-order valence-corrected chi connectivity index (χ0v) is 22.5. The van der Waals surface area contributed by atoms with Gasteiger partial charge in [0.1, 0.15) is 0 Å². The summed E-state index contributed by atoms with van der Waals surface area (Å²) < 4.78 is 63.5. The van der Waals surface area contributed by atoms with E-state index < -0.39 is 24.3 Å². The summed E-state index contributed by atoms with van der Waals surface area (Å²) in [7, 11) is 0. The van der Waals surface area contributed by atoms with Crippen molar-refractivity contribution in [3.8, 4) is 11.3 Å². The summed E-state index contributed by atoms with van der Waals surface area (Å²) in [5.74, 6) is -5.51. The number of rotatable bonds is 1. The van der Waals surface area contributed by atoms with E-state index >= 15 is 0 Å². The van der Waals surface area contributed by atoms with Crippen molar-refractivity contribution in [3.63, 3.8) is 0 Å². The van der Waals surface area contributed by atoms with Gasteiger partial charge >= 0.3 is 24.3 Å². The maximum atomic E-state index is 10.6. The van der Waals surface area contributed by atoms with Gasteiger partial charge in [-0.3, -0.25) is 4.98 Å². The Labute approximate surface area is 245 Å². The number of benzene rings is 3. The number of carboxylic acid groups (broad SMARTS) is 2. The van der Waals surface area contributed by atoms with Crippen molar-refractivity contribution in [2.45, 2.75) is 25.2 Å². The average molecular weight is 619 g/mol. The molecule has 44 heavy (non-hydrogen) atoms. The quantitative estimate of drug-likeness (QED) is 0.152. The lowest BCUT2D eigenvalue weighted by Crippen LogP contribution is -2.21. The fourth-order valence-electron chi connectivity index (χ4n) is 3.82. The van der Waals surface area contributed by atoms with Gasteiger partial charge in [-0.25, -0.2) is 14.6 Å². The Morgan fingerprint density at radius 3 is 1.64 bits per heavy atom. The summed E-state index contributed by atoms with van der Waals surface area (Å²) in [5.41, 5.74) is 20.4. The first kappa shape index (κ1) is 33.1. The molecule has 0 radical (unpaired) electrons. The number of aryl methyl sites for hydroxylation is 2. The SMILES string of the molecule is Nc1cc(-c2ccc3c(c2)CC3)nc2ccccc12.Nc1ccnc2ccccc12.O=C(O)C(F)(F)F.O=C(O)C(F)(F)F. The highest BCUT2D eigenvalue weighted by Crippen LogP contribution is 2.31. The van der Waals surface area contributed by atoms with Gasteiger partial charge in [-0.2, -0.15) is 26.3 Å². The lowest BCUT2D eigenvalue weighted by molar-refractivity contribution is -0.193. The van der Waals surface area contributed by atoms with E-state index in [9.17, 15) is 26.3 Å². The molecule has 2 heterocycles. The smallest absolute Gasteiger partial charge is 0.475 e. The number of halogens is 6. The fourth-order valence-corrected chi connectivity index (χ4v) is 3.82. The number of alkyl halides is 6. The molecule has 0 saturated heterocycles. The van der Waals surface area contributed by atoms with Crippen molar-refractivity contribution in [2.75, 3.05) is 11.5 Å². The molecule has 0 atom stereocenters. The number of hydrogen-bond donors (Lipinski definition) is 4. The second-order valence-electron chi connectivity index (χ2n) is 9.12. The fraction of sp³-hybridized carbons (Fsp3) is 0.133. The number of carboxylic acids is 2. The molecule has 14 heteroatoms. The number of nitrogens with two attached hydrogens (primary N) is 2. The second-order valence-corrected chi connectivity index (χ2v) is 9.12. The van der Waals surface area contributed by atoms with Crippen LogP contribution >= 0.6 is 0 Å². The molecular formula is C30H24F6N4O4. The zero-order valence-electron chi connectivity index (χ0n) is 22.5. The third-order valence-corrected chi connectivity index (χ3v) is 6.08. The number of para-hydroxylation sites is 2. The van der Waals surface area contributed by atoms with Crippen LogP contribution in [0.25, 0.3) is 33.1 Å². The van der Waals surface area contributed by atoms with Crippen LogP contribution in [0.1, 0.15) is 11.1 Å². The predicted octanol–water partition coefficient (Wildman–Crippen LogP) is 6.67. The van der Waals surface area contributed by atoms with Crippen molar-refractivity contribution in [1.82, 2.24) is 9.97 Å². The Morgan fingerprint density at radius 2 is 1.16 bits per heavy atom. The summed E-state index contributed by atoms with van der Waals surface area (Å²) in [6, 6.07) is 26.2. The molecule has 0 unspecified atom stereocenters. The van der Waals surface area contributed by atoms with Gasteiger partial charge in [0.15, 0.2) is 0 Å². The Balaban J connectivity index is 0.000000180. The number of hydrogen-bond acceptors (Lipinski definition) is 6. The molecule has 3 aromatic carbocycles. The Hall–Kier alpha value is -5.40. The third kappa shape index (κ3) is 8.80. The molecule has 0 amide bonds. The van der Waals surface area contributed by atoms with E-state index in [1.165, 1.54) is 24.0 Å². The third-order valence-electron chi connectivity index (χ3n) is 6.08. The van der Waals surface area contributed by atoms with Crippen molar-refractivity contribution < 1.29 is 46.1 Å². The molecule has 6 N–H and O–H groups in total. The highest BCUT2D eigenvalue weighted by molar-refractivity contribution is 5.92. The molecule has 8 nitrogen and oxygen atoms in total. The molecule has 230 valence electrons. The maximum absolute atomic E-state index is 10.6. The highest BCUT2D eigenvalue weighted by Gasteiger charge is 2.38. The highest BCUT2D eigenvalue weighted by atomic mass is 19.4. The lowest BCUT2D eigenvalue weighted by Gasteiger charge is -2.19. The van der Waals surface area contributed by atoms with E-state index in [-0.39, 0.29) is 0 Å². The first-order valence-electron chi connectivity index (χ1n) is 12.5. The van der Waals surface area contributed by atoms with Crippen LogP contribution in [0.4, 0.5) is 37.7 Å². The molecular weight excluding hydrogens is 594 g/mol. The summed E-state index contributed by atoms with van der Waals surface area (Å²) in [6.45, 7) is 0. The second kappa shape index (κ2) is 13.7. The Kier molecular flexibility index (Phi) is 10.3. The minimum atomic E-state index is -5.08. The first-order chi connectivity index (χ1) is 20.6. The zero-order chi connectivity index (χ0) is 32.7. The number of nitrogens with zero attached hydrogens (tertiary/aromatic N) is 2. The van der Waals surface area contributed by atoms with Gasteiger partial charge in [0, 0.05) is 33.9 Å². The number of aliphatic carboxylic acids is 2. The van der Waals surface area contributed by atoms with Crippen LogP contribution in [0.15, 0.2) is 85.1 Å². The standard InChI is InChI=1S/C17H14N2.C9H8N2.2C2HF3O2/c18-15-10-17(19-16-4-2-1-3-14(15)16)13-8-6-11-5-7-12(11)9-13;10-8-5-6-11-9-4-2-1-3-7(8)9;2*3-2(4,5)1(6)7/h1-4,6,8-10H,5,7H2,(H2,18,19);1-6H,(H2,10,11);2*(H,6,7). The van der Waals surface area contributed by atoms with Crippen LogP contribution in [0.2, 0.25) is 0 Å². The van der Waals surface area contributed by atoms with Crippen LogP contribution in [0.5, 0.6) is 0 Å². The molecule has 0 spiro atoms. The lowest BCUT2D eigenvalue weighted by atomic mass is 9.87. The van der Waals surface area contributed by atoms with Crippen molar-refractivity contribution in [2.24, 2.45) is 0 Å². The van der Waals surface area contributed by atoms with Crippen LogP contribution in [-0.4, -0.2) is 44.5 Å². The van der Waals surface area contributed by atoms with Gasteiger partial charge in [-0.05, 0) is 54.3 Å². The molecule has 1 aliphatic rings. The number of aromatic nitrogens is 2. The predicted molar refractivity (Wildman–Crippen MR) is 153 cm³/mol. The van der Waals surface area contributed by atoms with Gasteiger partial charge in [0.05, 0.1) is 16.7 Å². The van der Waals surface area contributed by atoms with Gasteiger partial charge in [-0.1, -0.05) is 48.5 Å². The van der Waals surface area contributed by atoms with Gasteiger partial charge in [-0.15, -0.1) is 0 Å². The number of fused-ring (bicyclic) bond motifs is 3. The monoisotopic (exact) mass is 618 g/mol. The molecule has 6 rings (SSSR count). The van der Waals surface area contributed by atoms with Crippen molar-refractivity contribution in [1.29, 1.82) is 0 Å². The Morgan fingerprint density at radius 1 is 0.659 bits per heavy atom. The molecule has 0 aliphatic heterocycles. The summed E-state index contributed by atoms with van der Waals surface area (Å²) in [5, 5.41) is 16.3. The molecule has 1 aliphatic carbocycles. The van der Waals surface area contributed by atoms with Crippen molar-refractivity contribution in [3.05, 3.63) is 96.2 Å². The molecule has 5 aromatic rings.